The average molecular weight is 646 g/mol. The van der Waals surface area contributed by atoms with Gasteiger partial charge in [0, 0.05) is 34.9 Å². The summed E-state index contributed by atoms with van der Waals surface area (Å²) in [5.41, 5.74) is 1.46. The summed E-state index contributed by atoms with van der Waals surface area (Å²) in [6.45, 7) is 17.3. The van der Waals surface area contributed by atoms with E-state index in [4.69, 9.17) is 28.1 Å². The highest BCUT2D eigenvalue weighted by Crippen LogP contribution is 2.39. The Hall–Kier alpha value is -3.65. The summed E-state index contributed by atoms with van der Waals surface area (Å²) in [6.07, 6.45) is 2.94. The lowest BCUT2D eigenvalue weighted by Crippen LogP contribution is -2.41. The third-order valence-corrected chi connectivity index (χ3v) is 9.58. The molecule has 2 saturated heterocycles. The summed E-state index contributed by atoms with van der Waals surface area (Å²) in [4.78, 5) is 0. The Kier molecular flexibility index (Phi) is 11.0. The molecule has 0 aromatic heterocycles. The number of hydrogen-bond acceptors (Lipinski definition) is 6. The Morgan fingerprint density at radius 3 is 1.19 bits per heavy atom. The summed E-state index contributed by atoms with van der Waals surface area (Å²) in [6, 6.07) is 24.0. The van der Waals surface area contributed by atoms with Gasteiger partial charge in [-0.05, 0) is 105 Å². The van der Waals surface area contributed by atoms with Gasteiger partial charge in [-0.3, -0.25) is 0 Å². The van der Waals surface area contributed by atoms with E-state index in [-0.39, 0.29) is 0 Å². The Bertz CT molecular complexity index is 1500. The van der Waals surface area contributed by atoms with Gasteiger partial charge < -0.3 is 28.1 Å². The molecule has 0 N–H and O–H groups in total. The van der Waals surface area contributed by atoms with E-state index in [9.17, 15) is 0 Å². The van der Waals surface area contributed by atoms with E-state index in [1.54, 1.807) is 0 Å². The Balaban J connectivity index is 1.39. The van der Waals surface area contributed by atoms with Crippen molar-refractivity contribution in [1.29, 1.82) is 0 Å². The first kappa shape index (κ1) is 35.7. The fourth-order valence-corrected chi connectivity index (χ4v) is 5.21. The van der Waals surface area contributed by atoms with Crippen molar-refractivity contribution in [2.45, 2.75) is 103 Å². The molecule has 6 nitrogen and oxygen atoms in total. The lowest BCUT2D eigenvalue weighted by molar-refractivity contribution is 0.00578. The number of benzene rings is 3. The molecule has 0 bridgehead atoms. The molecule has 3 aromatic carbocycles. The van der Waals surface area contributed by atoms with E-state index < -0.39 is 36.6 Å². The summed E-state index contributed by atoms with van der Waals surface area (Å²) in [7, 11) is -1.29. The van der Waals surface area contributed by atoms with Crippen LogP contribution in [0.3, 0.4) is 0 Å². The smallest absolute Gasteiger partial charge is 0.494 e. The highest BCUT2D eigenvalue weighted by atomic mass is 16.7. The summed E-state index contributed by atoms with van der Waals surface area (Å²) < 4.78 is 39.0. The minimum Gasteiger partial charge on any atom is -0.494 e. The van der Waals surface area contributed by atoms with Crippen molar-refractivity contribution in [2.75, 3.05) is 13.2 Å². The zero-order chi connectivity index (χ0) is 34.4. The number of ether oxygens (including phenoxy) is 2. The van der Waals surface area contributed by atoms with Gasteiger partial charge in [-0.15, -0.1) is 0 Å². The van der Waals surface area contributed by atoms with Crippen LogP contribution >= 0.6 is 0 Å². The van der Waals surface area contributed by atoms with Gasteiger partial charge in [-0.1, -0.05) is 60.1 Å². The molecule has 0 atom stereocenters. The number of unbranched alkanes of at least 4 members (excludes halogenated alkanes) is 2. The van der Waals surface area contributed by atoms with E-state index in [1.807, 2.05) is 128 Å². The molecule has 2 heterocycles. The molecule has 0 spiro atoms. The highest BCUT2D eigenvalue weighted by molar-refractivity contribution is 6.66. The van der Waals surface area contributed by atoms with Crippen LogP contribution in [0.5, 0.6) is 11.5 Å². The van der Waals surface area contributed by atoms with E-state index in [1.165, 1.54) is 0 Å². The van der Waals surface area contributed by atoms with Crippen molar-refractivity contribution in [1.82, 2.24) is 0 Å². The minimum absolute atomic E-state index is 0.471. The van der Waals surface area contributed by atoms with Crippen LogP contribution in [0.4, 0.5) is 0 Å². The van der Waals surface area contributed by atoms with Gasteiger partial charge >= 0.3 is 14.2 Å². The van der Waals surface area contributed by atoms with Crippen LogP contribution in [0.2, 0.25) is 0 Å². The fraction of sp³-hybridized carbons (Fsp3) is 0.450. The maximum Gasteiger partial charge on any atom is 0.498 e. The molecule has 2 fully saturated rings. The predicted molar refractivity (Wildman–Crippen MR) is 194 cm³/mol. The number of hydrogen-bond donors (Lipinski definition) is 0. The first-order valence-corrected chi connectivity index (χ1v) is 17.0. The molecule has 3 aromatic rings. The quantitative estimate of drug-likeness (QED) is 0.139. The predicted octanol–water partition coefficient (Wildman–Crippen LogP) is 6.71. The first-order chi connectivity index (χ1) is 22.8. The summed E-state index contributed by atoms with van der Waals surface area (Å²) >= 11 is 0. The average Bonchev–Trinajstić information content (AvgIpc) is 3.40. The van der Waals surface area contributed by atoms with Crippen LogP contribution in [-0.4, -0.2) is 49.9 Å². The number of rotatable bonds is 10. The lowest BCUT2D eigenvalue weighted by Gasteiger charge is -2.32. The van der Waals surface area contributed by atoms with Crippen LogP contribution in [-0.2, 0) is 18.6 Å². The van der Waals surface area contributed by atoms with Gasteiger partial charge in [0.25, 0.3) is 0 Å². The maximum absolute atomic E-state index is 6.51. The largest absolute Gasteiger partial charge is 0.498 e. The van der Waals surface area contributed by atoms with Gasteiger partial charge in [0.1, 0.15) is 11.5 Å². The standard InChI is InChI=1S/C40H48B2O6/c1-37(2)38(3,4)46-41(45-37)33-29-36(44-28-20-12-18-26-32-23-15-10-16-24-32)34(42-47-39(5,6)40(7,8)48-42)30-35(33)43-27-19-11-17-25-31-21-13-9-14-22-31/h9-10,13-16,21-24,29-30H,11-12,19-20,27-28H2,1-8H3. The van der Waals surface area contributed by atoms with E-state index in [0.717, 1.165) is 34.9 Å². The van der Waals surface area contributed by atoms with E-state index in [0.29, 0.717) is 37.6 Å². The van der Waals surface area contributed by atoms with Gasteiger partial charge in [-0.2, -0.15) is 0 Å². The molecule has 2 aliphatic heterocycles. The van der Waals surface area contributed by atoms with E-state index in [2.05, 4.69) is 23.7 Å². The SMILES string of the molecule is CC1(C)OB(c2cc(OCCCC#Cc3ccccc3)c(B3OC(C)(C)C(C)(C)O3)cc2OCCCC#Cc2ccccc2)OC1(C)C. The van der Waals surface area contributed by atoms with Crippen molar-refractivity contribution in [3.8, 4) is 35.2 Å². The molecule has 0 aliphatic carbocycles. The molecule has 0 amide bonds. The van der Waals surface area contributed by atoms with Crippen LogP contribution in [0.25, 0.3) is 0 Å². The molecule has 0 unspecified atom stereocenters. The second-order valence-corrected chi connectivity index (χ2v) is 14.3. The molecule has 8 heteroatoms. The normalized spacial score (nSPS) is 18.4. The van der Waals surface area contributed by atoms with Gasteiger partial charge in [0.05, 0.1) is 35.6 Å². The zero-order valence-corrected chi connectivity index (χ0v) is 29.8. The van der Waals surface area contributed by atoms with Gasteiger partial charge in [0.15, 0.2) is 0 Å². The molecule has 2 aliphatic rings. The monoisotopic (exact) mass is 646 g/mol. The molecular formula is C40H48B2O6. The third kappa shape index (κ3) is 8.49. The topological polar surface area (TPSA) is 55.4 Å². The lowest BCUT2D eigenvalue weighted by atomic mass is 9.72. The van der Waals surface area contributed by atoms with Crippen LogP contribution in [0.15, 0.2) is 72.8 Å². The van der Waals surface area contributed by atoms with Crippen LogP contribution in [0, 0.1) is 23.7 Å². The molecule has 0 radical (unpaired) electrons. The van der Waals surface area contributed by atoms with Gasteiger partial charge in [-0.25, -0.2) is 0 Å². The second kappa shape index (κ2) is 14.9. The molecule has 0 saturated carbocycles. The van der Waals surface area contributed by atoms with Crippen LogP contribution in [0.1, 0.15) is 92.2 Å². The Morgan fingerprint density at radius 1 is 0.521 bits per heavy atom. The van der Waals surface area contributed by atoms with Crippen molar-refractivity contribution in [3.63, 3.8) is 0 Å². The van der Waals surface area contributed by atoms with Crippen molar-refractivity contribution in [2.24, 2.45) is 0 Å². The third-order valence-electron chi connectivity index (χ3n) is 9.58. The molecule has 250 valence electrons. The molecular weight excluding hydrogens is 598 g/mol. The Morgan fingerprint density at radius 2 is 0.854 bits per heavy atom. The fourth-order valence-electron chi connectivity index (χ4n) is 5.21. The highest BCUT2D eigenvalue weighted by Gasteiger charge is 2.55. The van der Waals surface area contributed by atoms with E-state index >= 15 is 0 Å². The first-order valence-electron chi connectivity index (χ1n) is 17.0. The van der Waals surface area contributed by atoms with Crippen LogP contribution < -0.4 is 20.4 Å². The summed E-state index contributed by atoms with van der Waals surface area (Å²) in [5, 5.41) is 0. The minimum atomic E-state index is -0.644. The second-order valence-electron chi connectivity index (χ2n) is 14.3. The zero-order valence-electron chi connectivity index (χ0n) is 29.8. The van der Waals surface area contributed by atoms with Crippen molar-refractivity contribution in [3.05, 3.63) is 83.9 Å². The van der Waals surface area contributed by atoms with Crippen molar-refractivity contribution >= 4 is 25.2 Å². The van der Waals surface area contributed by atoms with Gasteiger partial charge in [0.2, 0.25) is 0 Å². The molecule has 5 rings (SSSR count). The van der Waals surface area contributed by atoms with Crippen molar-refractivity contribution < 1.29 is 28.1 Å². The maximum atomic E-state index is 6.51. The molecule has 48 heavy (non-hydrogen) atoms. The summed E-state index contributed by atoms with van der Waals surface area (Å²) in [5.74, 6) is 14.3. The Labute approximate surface area is 288 Å².